The first-order valence-corrected chi connectivity index (χ1v) is 29.3. The van der Waals surface area contributed by atoms with Crippen molar-refractivity contribution in [2.24, 2.45) is 5.92 Å². The number of nitrogens with one attached hydrogen (secondary N) is 1. The SMILES string of the molecule is CC(=O)OO[C@@H]1[C@@H](OOC(C)=O)[C@H](O[C@@H]2[C@@H](O)[C@H](O[C@H]3CO[C@@H](O[C@@H](CCC(C)C)[C@@H](CCCCCCCC(=O)CCCCCCCCCCCC(=O)NCCCCN(C)C)OC(C)=O)[C@H](O)[C@H]3O)OC[C@@H]2O)OC[C@@H]1OOC(C)=O. The Morgan fingerprint density at radius 3 is 1.62 bits per heavy atom. The topological polar surface area (TPSA) is 319 Å². The van der Waals surface area contributed by atoms with Crippen LogP contribution >= 0.6 is 0 Å². The fourth-order valence-corrected chi connectivity index (χ4v) is 9.52. The van der Waals surface area contributed by atoms with Crippen molar-refractivity contribution in [3.63, 3.8) is 0 Å². The molecule has 3 saturated heterocycles. The van der Waals surface area contributed by atoms with Gasteiger partial charge >= 0.3 is 23.9 Å². The molecule has 25 nitrogen and oxygen atoms in total. The molecule has 0 unspecified atom stereocenters. The van der Waals surface area contributed by atoms with E-state index in [-0.39, 0.29) is 18.4 Å². The molecule has 0 saturated carbocycles. The predicted molar refractivity (Wildman–Crippen MR) is 286 cm³/mol. The normalized spacial score (nSPS) is 26.6. The van der Waals surface area contributed by atoms with Crippen LogP contribution in [0.4, 0.5) is 0 Å². The molecule has 0 aliphatic carbocycles. The molecular weight excluding hydrogens is 1070 g/mol. The van der Waals surface area contributed by atoms with Crippen LogP contribution in [-0.4, -0.2) is 194 Å². The number of esters is 1. The molecule has 3 aliphatic heterocycles. The molecule has 3 rings (SSSR count). The fourth-order valence-electron chi connectivity index (χ4n) is 9.52. The molecule has 470 valence electrons. The van der Waals surface area contributed by atoms with Crippen molar-refractivity contribution in [3.05, 3.63) is 0 Å². The van der Waals surface area contributed by atoms with Crippen molar-refractivity contribution < 1.29 is 112 Å². The van der Waals surface area contributed by atoms with E-state index in [4.69, 9.17) is 52.7 Å². The van der Waals surface area contributed by atoms with Gasteiger partial charge in [0.25, 0.3) is 0 Å². The minimum absolute atomic E-state index is 0.158. The second-order valence-corrected chi connectivity index (χ2v) is 22.1. The van der Waals surface area contributed by atoms with Crippen LogP contribution in [0, 0.1) is 5.92 Å². The van der Waals surface area contributed by atoms with Crippen molar-refractivity contribution >= 4 is 35.6 Å². The molecule has 81 heavy (non-hydrogen) atoms. The Kier molecular flexibility index (Phi) is 36.0. The highest BCUT2D eigenvalue weighted by Crippen LogP contribution is 2.32. The quantitative estimate of drug-likeness (QED) is 0.0240. The zero-order valence-electron chi connectivity index (χ0n) is 49.2. The van der Waals surface area contributed by atoms with Crippen LogP contribution < -0.4 is 5.32 Å². The van der Waals surface area contributed by atoms with E-state index < -0.39 is 123 Å². The first kappa shape index (κ1) is 71.7. The Labute approximate surface area is 478 Å². The predicted octanol–water partition coefficient (Wildman–Crippen LogP) is 4.66. The summed E-state index contributed by atoms with van der Waals surface area (Å²) in [7, 11) is 4.11. The molecule has 25 heteroatoms. The van der Waals surface area contributed by atoms with Gasteiger partial charge in [-0.2, -0.15) is 14.7 Å². The molecule has 0 aromatic rings. The number of aliphatic hydroxyl groups excluding tert-OH is 4. The summed E-state index contributed by atoms with van der Waals surface area (Å²) in [5.74, 6) is -2.51. The molecule has 3 fully saturated rings. The summed E-state index contributed by atoms with van der Waals surface area (Å²) >= 11 is 0. The average molecular weight is 1170 g/mol. The number of aliphatic hydroxyl groups is 4. The third-order valence-corrected chi connectivity index (χ3v) is 13.9. The van der Waals surface area contributed by atoms with E-state index in [1.54, 1.807) is 0 Å². The zero-order valence-corrected chi connectivity index (χ0v) is 49.2. The van der Waals surface area contributed by atoms with Gasteiger partial charge in [0.05, 0.1) is 25.9 Å². The average Bonchev–Trinajstić information content (AvgIpc) is 3.40. The molecule has 1 amide bonds. The van der Waals surface area contributed by atoms with Crippen LogP contribution in [0.5, 0.6) is 0 Å². The molecule has 0 spiro atoms. The molecule has 0 bridgehead atoms. The number of Topliss-reactive ketones (excluding diaryl/α,β-unsaturated/α-hetero) is 1. The van der Waals surface area contributed by atoms with Crippen LogP contribution in [0.25, 0.3) is 0 Å². The van der Waals surface area contributed by atoms with Gasteiger partial charge in [0.1, 0.15) is 48.5 Å². The summed E-state index contributed by atoms with van der Waals surface area (Å²) in [6.07, 6.45) is -0.913. The maximum absolute atomic E-state index is 12.6. The highest BCUT2D eigenvalue weighted by molar-refractivity contribution is 5.78. The van der Waals surface area contributed by atoms with Crippen LogP contribution in [0.1, 0.15) is 183 Å². The number of rotatable bonds is 42. The van der Waals surface area contributed by atoms with Gasteiger partial charge in [-0.05, 0) is 84.3 Å². The first-order chi connectivity index (χ1) is 38.7. The number of carbonyl (C=O) groups is 6. The van der Waals surface area contributed by atoms with Gasteiger partial charge in [-0.25, -0.2) is 14.4 Å². The Hall–Kier alpha value is -3.54. The van der Waals surface area contributed by atoms with Gasteiger partial charge in [0.2, 0.25) is 5.91 Å². The van der Waals surface area contributed by atoms with E-state index in [1.807, 2.05) is 13.8 Å². The summed E-state index contributed by atoms with van der Waals surface area (Å²) in [6.45, 7) is 8.92. The largest absolute Gasteiger partial charge is 0.460 e. The second kappa shape index (κ2) is 40.7. The lowest BCUT2D eigenvalue weighted by Crippen LogP contribution is -2.63. The molecule has 14 atom stereocenters. The first-order valence-electron chi connectivity index (χ1n) is 29.3. The van der Waals surface area contributed by atoms with Crippen LogP contribution in [0.3, 0.4) is 0 Å². The lowest BCUT2D eigenvalue weighted by atomic mass is 9.97. The third kappa shape index (κ3) is 29.7. The van der Waals surface area contributed by atoms with Crippen molar-refractivity contribution in [2.75, 3.05) is 47.0 Å². The fraction of sp³-hybridized carbons (Fsp3) is 0.893. The van der Waals surface area contributed by atoms with Gasteiger partial charge in [0.15, 0.2) is 37.2 Å². The number of nitrogens with zero attached hydrogens (tertiary/aromatic N) is 1. The van der Waals surface area contributed by atoms with E-state index in [0.29, 0.717) is 50.7 Å². The molecule has 3 aliphatic rings. The highest BCUT2D eigenvalue weighted by Gasteiger charge is 2.52. The standard InChI is InChI=1S/C56H98N2O23/c1-36(2)29-30-44(43(72-37(3)59)27-21-17-14-16-20-26-41(63)25-19-15-12-10-9-11-13-18-22-28-47(65)57-31-23-24-32-58(7)8)73-54-49(67)48(66)45(34-70-54)74-55-50(68)51(42(64)33-69-55)75-56-53(81-78-40(6)62)52(80-77-39(5)61)46(35-71-56)79-76-38(4)60/h36,42-46,48-56,64,66-68H,9-35H2,1-8H3,(H,57,65)/t42-,43+,44-,45-,46-,48-,49+,50+,51-,52-,53+,54-,55-,56-/m0/s1. The summed E-state index contributed by atoms with van der Waals surface area (Å²) in [5.41, 5.74) is 0. The van der Waals surface area contributed by atoms with Crippen molar-refractivity contribution in [1.82, 2.24) is 10.2 Å². The minimum atomic E-state index is -1.83. The van der Waals surface area contributed by atoms with E-state index in [1.165, 1.54) is 26.2 Å². The summed E-state index contributed by atoms with van der Waals surface area (Å²) < 4.78 is 41.2. The monoisotopic (exact) mass is 1170 g/mol. The maximum atomic E-state index is 12.6. The highest BCUT2D eigenvalue weighted by atomic mass is 17.3. The summed E-state index contributed by atoms with van der Waals surface area (Å²) in [5, 5.41) is 48.2. The van der Waals surface area contributed by atoms with Gasteiger partial charge in [-0.15, -0.1) is 0 Å². The summed E-state index contributed by atoms with van der Waals surface area (Å²) in [4.78, 5) is 104. The van der Waals surface area contributed by atoms with Gasteiger partial charge in [-0.3, -0.25) is 29.0 Å². The Morgan fingerprint density at radius 1 is 0.506 bits per heavy atom. The molecule has 0 aromatic carbocycles. The maximum Gasteiger partial charge on any atom is 0.339 e. The number of hydrogen-bond acceptors (Lipinski definition) is 24. The lowest BCUT2D eigenvalue weighted by Gasteiger charge is -2.45. The van der Waals surface area contributed by atoms with E-state index in [0.717, 1.165) is 111 Å². The number of unbranched alkanes of at least 4 members (excludes halogenated alkanes) is 13. The molecule has 0 radical (unpaired) electrons. The van der Waals surface area contributed by atoms with Crippen LogP contribution in [0.15, 0.2) is 0 Å². The number of carbonyl (C=O) groups excluding carboxylic acids is 6. The van der Waals surface area contributed by atoms with Gasteiger partial charge in [0, 0.05) is 53.5 Å². The number of ketones is 1. The number of hydrogen-bond donors (Lipinski definition) is 5. The smallest absolute Gasteiger partial charge is 0.339 e. The van der Waals surface area contributed by atoms with Crippen molar-refractivity contribution in [3.8, 4) is 0 Å². The van der Waals surface area contributed by atoms with Gasteiger partial charge < -0.3 is 63.8 Å². The van der Waals surface area contributed by atoms with E-state index in [2.05, 4.69) is 34.1 Å². The third-order valence-electron chi connectivity index (χ3n) is 13.9. The summed E-state index contributed by atoms with van der Waals surface area (Å²) in [6, 6.07) is 0. The molecular formula is C56H98N2O23. The van der Waals surface area contributed by atoms with E-state index in [9.17, 15) is 49.2 Å². The molecule has 0 aromatic heterocycles. The Bertz CT molecular complexity index is 1800. The van der Waals surface area contributed by atoms with Crippen LogP contribution in [0.2, 0.25) is 0 Å². The Morgan fingerprint density at radius 2 is 1.04 bits per heavy atom. The van der Waals surface area contributed by atoms with Crippen molar-refractivity contribution in [1.29, 1.82) is 0 Å². The molecule has 5 N–H and O–H groups in total. The van der Waals surface area contributed by atoms with Crippen LogP contribution in [-0.2, 0) is 91.3 Å². The van der Waals surface area contributed by atoms with Gasteiger partial charge in [-0.1, -0.05) is 78.1 Å². The second-order valence-electron chi connectivity index (χ2n) is 22.1. The number of amides is 1. The molecule has 3 heterocycles. The van der Waals surface area contributed by atoms with E-state index >= 15 is 0 Å². The minimum Gasteiger partial charge on any atom is -0.460 e. The van der Waals surface area contributed by atoms with Crippen molar-refractivity contribution in [2.45, 2.75) is 269 Å². The zero-order chi connectivity index (χ0) is 59.7. The number of ether oxygens (including phenoxy) is 7. The Balaban J connectivity index is 1.43. The lowest BCUT2D eigenvalue weighted by molar-refractivity contribution is -0.448.